The number of nitrogens with one attached hydrogen (secondary N) is 1. The molecule has 0 unspecified atom stereocenters. The molecule has 1 amide bonds. The number of carbonyl (C=O) groups excluding carboxylic acids is 1. The molecule has 3 N–H and O–H groups in total. The quantitative estimate of drug-likeness (QED) is 0.348. The molecular formula is C27H26N2O5. The normalized spacial score (nSPS) is 11.8. The molecule has 1 atom stereocenters. The maximum absolute atomic E-state index is 13.2. The molecule has 34 heavy (non-hydrogen) atoms. The van der Waals surface area contributed by atoms with Crippen molar-refractivity contribution in [2.45, 2.75) is 19.5 Å². The zero-order valence-electron chi connectivity index (χ0n) is 18.8. The van der Waals surface area contributed by atoms with Crippen LogP contribution in [0.3, 0.4) is 0 Å². The fourth-order valence-electron chi connectivity index (χ4n) is 3.90. The molecular weight excluding hydrogens is 432 g/mol. The summed E-state index contributed by atoms with van der Waals surface area (Å²) in [4.78, 5) is 24.3. The SMILES string of the molecule is C[C@H](NC(=O)c1cccc2ccn(Cc3ccc(OCCO)cc3)c12)c1ccc(C(=O)O)cc1. The number of ether oxygens (including phenoxy) is 1. The second-order valence-corrected chi connectivity index (χ2v) is 8.03. The maximum Gasteiger partial charge on any atom is 0.335 e. The molecule has 0 bridgehead atoms. The van der Waals surface area contributed by atoms with Crippen LogP contribution < -0.4 is 10.1 Å². The van der Waals surface area contributed by atoms with E-state index in [2.05, 4.69) is 5.32 Å². The van der Waals surface area contributed by atoms with Crippen molar-refractivity contribution >= 4 is 22.8 Å². The third-order valence-electron chi connectivity index (χ3n) is 5.67. The van der Waals surface area contributed by atoms with Crippen LogP contribution in [0, 0.1) is 0 Å². The number of carbonyl (C=O) groups is 2. The number of amides is 1. The van der Waals surface area contributed by atoms with Crippen molar-refractivity contribution < 1.29 is 24.5 Å². The number of para-hydroxylation sites is 1. The Morgan fingerprint density at radius 1 is 1.00 bits per heavy atom. The highest BCUT2D eigenvalue weighted by Crippen LogP contribution is 2.24. The molecule has 3 aromatic carbocycles. The van der Waals surface area contributed by atoms with Crippen LogP contribution in [0.1, 0.15) is 44.8 Å². The van der Waals surface area contributed by atoms with E-state index in [1.54, 1.807) is 18.2 Å². The Bertz CT molecular complexity index is 1290. The van der Waals surface area contributed by atoms with E-state index in [1.807, 2.05) is 60.2 Å². The van der Waals surface area contributed by atoms with Crippen LogP contribution >= 0.6 is 0 Å². The van der Waals surface area contributed by atoms with Crippen LogP contribution in [0.15, 0.2) is 79.0 Å². The van der Waals surface area contributed by atoms with Crippen molar-refractivity contribution in [1.82, 2.24) is 9.88 Å². The molecule has 4 aromatic rings. The van der Waals surface area contributed by atoms with Gasteiger partial charge in [-0.1, -0.05) is 36.4 Å². The van der Waals surface area contributed by atoms with E-state index < -0.39 is 5.97 Å². The van der Waals surface area contributed by atoms with Crippen LogP contribution in [0.4, 0.5) is 0 Å². The van der Waals surface area contributed by atoms with Gasteiger partial charge in [0.25, 0.3) is 5.91 Å². The number of nitrogens with zero attached hydrogens (tertiary/aromatic N) is 1. The fraction of sp³-hybridized carbons (Fsp3) is 0.185. The smallest absolute Gasteiger partial charge is 0.335 e. The lowest BCUT2D eigenvalue weighted by atomic mass is 10.0. The van der Waals surface area contributed by atoms with E-state index in [4.69, 9.17) is 14.9 Å². The van der Waals surface area contributed by atoms with Crippen molar-refractivity contribution in [2.24, 2.45) is 0 Å². The number of benzene rings is 3. The van der Waals surface area contributed by atoms with Gasteiger partial charge in [-0.2, -0.15) is 0 Å². The molecule has 0 saturated carbocycles. The molecule has 174 valence electrons. The molecule has 1 aromatic heterocycles. The van der Waals surface area contributed by atoms with Gasteiger partial charge in [0.2, 0.25) is 0 Å². The molecule has 0 fully saturated rings. The minimum Gasteiger partial charge on any atom is -0.491 e. The predicted molar refractivity (Wildman–Crippen MR) is 129 cm³/mol. The van der Waals surface area contributed by atoms with Crippen LogP contribution in [0.25, 0.3) is 10.9 Å². The first-order valence-corrected chi connectivity index (χ1v) is 11.0. The van der Waals surface area contributed by atoms with Crippen molar-refractivity contribution in [3.63, 3.8) is 0 Å². The van der Waals surface area contributed by atoms with Crippen LogP contribution in [0.5, 0.6) is 5.75 Å². The lowest BCUT2D eigenvalue weighted by Crippen LogP contribution is -2.27. The Kier molecular flexibility index (Phi) is 6.94. The molecule has 0 aliphatic carbocycles. The van der Waals surface area contributed by atoms with Gasteiger partial charge in [-0.15, -0.1) is 0 Å². The molecule has 7 heteroatoms. The fourth-order valence-corrected chi connectivity index (χ4v) is 3.90. The first-order chi connectivity index (χ1) is 16.5. The number of carboxylic acids is 1. The number of fused-ring (bicyclic) bond motifs is 1. The number of rotatable bonds is 9. The number of aliphatic hydroxyl groups is 1. The first-order valence-electron chi connectivity index (χ1n) is 11.0. The number of aromatic carboxylic acids is 1. The Labute approximate surface area is 197 Å². The van der Waals surface area contributed by atoms with Gasteiger partial charge in [0.05, 0.1) is 29.3 Å². The minimum atomic E-state index is -0.983. The monoisotopic (exact) mass is 458 g/mol. The Morgan fingerprint density at radius 2 is 1.74 bits per heavy atom. The maximum atomic E-state index is 13.2. The van der Waals surface area contributed by atoms with Gasteiger partial charge in [0.1, 0.15) is 12.4 Å². The van der Waals surface area contributed by atoms with Gasteiger partial charge < -0.3 is 24.8 Å². The number of hydrogen-bond donors (Lipinski definition) is 3. The van der Waals surface area contributed by atoms with E-state index in [-0.39, 0.29) is 30.7 Å². The summed E-state index contributed by atoms with van der Waals surface area (Å²) in [6.45, 7) is 2.67. The highest BCUT2D eigenvalue weighted by molar-refractivity contribution is 6.06. The summed E-state index contributed by atoms with van der Waals surface area (Å²) in [7, 11) is 0. The van der Waals surface area contributed by atoms with E-state index in [0.29, 0.717) is 17.9 Å². The summed E-state index contributed by atoms with van der Waals surface area (Å²) in [6, 6.07) is 21.5. The topological polar surface area (TPSA) is 101 Å². The van der Waals surface area contributed by atoms with E-state index in [9.17, 15) is 9.59 Å². The molecule has 4 rings (SSSR count). The van der Waals surface area contributed by atoms with E-state index in [0.717, 1.165) is 22.0 Å². The van der Waals surface area contributed by atoms with E-state index >= 15 is 0 Å². The molecule has 0 saturated heterocycles. The number of hydrogen-bond acceptors (Lipinski definition) is 4. The number of aromatic nitrogens is 1. The molecule has 0 radical (unpaired) electrons. The molecule has 0 aliphatic rings. The summed E-state index contributed by atoms with van der Waals surface area (Å²) in [5, 5.41) is 22.0. The number of aliphatic hydroxyl groups excluding tert-OH is 1. The Balaban J connectivity index is 1.54. The largest absolute Gasteiger partial charge is 0.491 e. The standard InChI is InChI=1S/C27H26N2O5/c1-18(20-7-9-22(10-8-20)27(32)33)28-26(31)24-4-2-3-21-13-14-29(25(21)24)17-19-5-11-23(12-6-19)34-16-15-30/h2-14,18,30H,15-17H2,1H3,(H,28,31)(H,32,33)/t18-/m0/s1. The average Bonchev–Trinajstić information content (AvgIpc) is 3.26. The summed E-state index contributed by atoms with van der Waals surface area (Å²) in [5.41, 5.74) is 3.49. The lowest BCUT2D eigenvalue weighted by Gasteiger charge is -2.16. The summed E-state index contributed by atoms with van der Waals surface area (Å²) in [5.74, 6) is -0.489. The van der Waals surface area contributed by atoms with Crippen molar-refractivity contribution in [1.29, 1.82) is 0 Å². The Morgan fingerprint density at radius 3 is 2.41 bits per heavy atom. The highest BCUT2D eigenvalue weighted by Gasteiger charge is 2.17. The zero-order valence-corrected chi connectivity index (χ0v) is 18.8. The molecule has 1 heterocycles. The van der Waals surface area contributed by atoms with Gasteiger partial charge in [0, 0.05) is 18.1 Å². The highest BCUT2D eigenvalue weighted by atomic mass is 16.5. The minimum absolute atomic E-state index is 0.0335. The van der Waals surface area contributed by atoms with Gasteiger partial charge in [-0.25, -0.2) is 4.79 Å². The molecule has 7 nitrogen and oxygen atoms in total. The van der Waals surface area contributed by atoms with Crippen molar-refractivity contribution in [3.05, 3.63) is 101 Å². The Hall–Kier alpha value is -4.10. The summed E-state index contributed by atoms with van der Waals surface area (Å²) >= 11 is 0. The second kappa shape index (κ2) is 10.2. The van der Waals surface area contributed by atoms with Gasteiger partial charge in [0.15, 0.2) is 0 Å². The molecule has 0 spiro atoms. The summed E-state index contributed by atoms with van der Waals surface area (Å²) in [6.07, 6.45) is 1.96. The van der Waals surface area contributed by atoms with Gasteiger partial charge in [-0.3, -0.25) is 4.79 Å². The zero-order chi connectivity index (χ0) is 24.1. The van der Waals surface area contributed by atoms with Crippen LogP contribution in [-0.4, -0.2) is 39.9 Å². The van der Waals surface area contributed by atoms with Crippen LogP contribution in [0.2, 0.25) is 0 Å². The second-order valence-electron chi connectivity index (χ2n) is 8.03. The molecule has 0 aliphatic heterocycles. The summed E-state index contributed by atoms with van der Waals surface area (Å²) < 4.78 is 7.46. The third kappa shape index (κ3) is 5.10. The van der Waals surface area contributed by atoms with Gasteiger partial charge in [-0.05, 0) is 54.4 Å². The third-order valence-corrected chi connectivity index (χ3v) is 5.67. The van der Waals surface area contributed by atoms with Gasteiger partial charge >= 0.3 is 5.97 Å². The average molecular weight is 459 g/mol. The van der Waals surface area contributed by atoms with E-state index in [1.165, 1.54) is 12.1 Å². The van der Waals surface area contributed by atoms with Crippen LogP contribution in [-0.2, 0) is 6.54 Å². The van der Waals surface area contributed by atoms with Crippen molar-refractivity contribution in [3.8, 4) is 5.75 Å². The number of carboxylic acid groups (broad SMARTS) is 1. The van der Waals surface area contributed by atoms with Crippen molar-refractivity contribution in [2.75, 3.05) is 13.2 Å². The lowest BCUT2D eigenvalue weighted by molar-refractivity contribution is 0.0696. The first kappa shape index (κ1) is 23.1. The predicted octanol–water partition coefficient (Wildman–Crippen LogP) is 4.25.